The van der Waals surface area contributed by atoms with E-state index in [0.29, 0.717) is 17.2 Å². The van der Waals surface area contributed by atoms with Gasteiger partial charge in [-0.15, -0.1) is 11.3 Å². The molecule has 0 radical (unpaired) electrons. The van der Waals surface area contributed by atoms with Crippen molar-refractivity contribution in [2.45, 2.75) is 6.92 Å². The number of esters is 1. The van der Waals surface area contributed by atoms with Gasteiger partial charge in [0.2, 0.25) is 0 Å². The van der Waals surface area contributed by atoms with Gasteiger partial charge in [0.25, 0.3) is 0 Å². The highest BCUT2D eigenvalue weighted by molar-refractivity contribution is 7.12. The summed E-state index contributed by atoms with van der Waals surface area (Å²) in [7, 11) is 0. The predicted octanol–water partition coefficient (Wildman–Crippen LogP) is 2.99. The molecule has 2 rings (SSSR count). The third kappa shape index (κ3) is 2.12. The predicted molar refractivity (Wildman–Crippen MR) is 63.5 cm³/mol. The minimum Gasteiger partial charge on any atom is -0.462 e. The summed E-state index contributed by atoms with van der Waals surface area (Å²) in [5, 5.41) is 0. The zero-order chi connectivity index (χ0) is 11.4. The van der Waals surface area contributed by atoms with E-state index in [4.69, 9.17) is 4.74 Å². The third-order valence-corrected chi connectivity index (χ3v) is 2.88. The van der Waals surface area contributed by atoms with E-state index >= 15 is 0 Å². The molecule has 4 heteroatoms. The minimum atomic E-state index is -0.302. The molecule has 2 aromatic rings. The summed E-state index contributed by atoms with van der Waals surface area (Å²) < 4.78 is 4.98. The molecule has 0 fully saturated rings. The van der Waals surface area contributed by atoms with Crippen molar-refractivity contribution in [2.75, 3.05) is 6.61 Å². The topological polar surface area (TPSA) is 39.2 Å². The Bertz CT molecular complexity index is 479. The molecule has 3 nitrogen and oxygen atoms in total. The second kappa shape index (κ2) is 4.90. The van der Waals surface area contributed by atoms with Gasteiger partial charge in [-0.3, -0.25) is 0 Å². The van der Waals surface area contributed by atoms with Crippen molar-refractivity contribution in [3.63, 3.8) is 0 Å². The van der Waals surface area contributed by atoms with Gasteiger partial charge in [-0.05, 0) is 6.92 Å². The van der Waals surface area contributed by atoms with E-state index in [1.165, 1.54) is 11.3 Å². The quantitative estimate of drug-likeness (QED) is 0.765. The van der Waals surface area contributed by atoms with Gasteiger partial charge in [0.1, 0.15) is 4.88 Å². The Morgan fingerprint density at radius 3 is 2.81 bits per heavy atom. The molecule has 1 heterocycles. The first kappa shape index (κ1) is 10.8. The lowest BCUT2D eigenvalue weighted by Gasteiger charge is -2.01. The lowest BCUT2D eigenvalue weighted by Crippen LogP contribution is -2.03. The highest BCUT2D eigenvalue weighted by Crippen LogP contribution is 2.25. The molecule has 16 heavy (non-hydrogen) atoms. The van der Waals surface area contributed by atoms with E-state index in [-0.39, 0.29) is 5.97 Å². The molecule has 0 aliphatic carbocycles. The second-order valence-electron chi connectivity index (χ2n) is 3.12. The van der Waals surface area contributed by atoms with E-state index in [2.05, 4.69) is 4.98 Å². The van der Waals surface area contributed by atoms with Crippen molar-refractivity contribution in [1.82, 2.24) is 4.98 Å². The number of hydrogen-bond acceptors (Lipinski definition) is 4. The van der Waals surface area contributed by atoms with E-state index in [1.54, 1.807) is 12.4 Å². The van der Waals surface area contributed by atoms with E-state index in [1.807, 2.05) is 30.3 Å². The average molecular weight is 233 g/mol. The Balaban J connectivity index is 2.37. The number of thiazole rings is 1. The molecule has 0 unspecified atom stereocenters. The van der Waals surface area contributed by atoms with Gasteiger partial charge in [0.05, 0.1) is 17.8 Å². The van der Waals surface area contributed by atoms with Gasteiger partial charge in [-0.2, -0.15) is 0 Å². The summed E-state index contributed by atoms with van der Waals surface area (Å²) in [6.45, 7) is 2.17. The molecule has 0 bridgehead atoms. The first-order valence-corrected chi connectivity index (χ1v) is 5.87. The fourth-order valence-corrected chi connectivity index (χ4v) is 2.09. The number of nitrogens with zero attached hydrogens (tertiary/aromatic N) is 1. The maximum atomic E-state index is 11.6. The molecular formula is C12H11NO2S. The maximum Gasteiger partial charge on any atom is 0.350 e. The largest absolute Gasteiger partial charge is 0.462 e. The highest BCUT2D eigenvalue weighted by atomic mass is 32.1. The molecule has 82 valence electrons. The third-order valence-electron chi connectivity index (χ3n) is 2.08. The monoisotopic (exact) mass is 233 g/mol. The number of aromatic nitrogens is 1. The number of carbonyl (C=O) groups is 1. The van der Waals surface area contributed by atoms with Crippen LogP contribution >= 0.6 is 11.3 Å². The first-order chi connectivity index (χ1) is 7.83. The summed E-state index contributed by atoms with van der Waals surface area (Å²) in [6, 6.07) is 9.63. The van der Waals surface area contributed by atoms with Gasteiger partial charge in [-0.25, -0.2) is 9.78 Å². The minimum absolute atomic E-state index is 0.302. The molecule has 0 aliphatic heterocycles. The number of rotatable bonds is 3. The van der Waals surface area contributed by atoms with E-state index < -0.39 is 0 Å². The van der Waals surface area contributed by atoms with Crippen LogP contribution in [0.4, 0.5) is 0 Å². The van der Waals surface area contributed by atoms with E-state index in [0.717, 1.165) is 5.56 Å². The number of benzene rings is 1. The van der Waals surface area contributed by atoms with Gasteiger partial charge >= 0.3 is 5.97 Å². The van der Waals surface area contributed by atoms with Crippen LogP contribution in [0.1, 0.15) is 16.6 Å². The van der Waals surface area contributed by atoms with Crippen molar-refractivity contribution in [3.8, 4) is 11.3 Å². The van der Waals surface area contributed by atoms with Crippen LogP contribution in [0.3, 0.4) is 0 Å². The van der Waals surface area contributed by atoms with Crippen LogP contribution in [0, 0.1) is 0 Å². The van der Waals surface area contributed by atoms with Crippen LogP contribution in [-0.4, -0.2) is 17.6 Å². The van der Waals surface area contributed by atoms with Crippen LogP contribution in [0.5, 0.6) is 0 Å². The lowest BCUT2D eigenvalue weighted by molar-refractivity contribution is 0.0532. The van der Waals surface area contributed by atoms with Crippen molar-refractivity contribution >= 4 is 17.3 Å². The Kier molecular flexibility index (Phi) is 3.31. The zero-order valence-electron chi connectivity index (χ0n) is 8.84. The molecule has 0 aliphatic rings. The second-order valence-corrected chi connectivity index (χ2v) is 3.97. The summed E-state index contributed by atoms with van der Waals surface area (Å²) in [4.78, 5) is 16.4. The van der Waals surface area contributed by atoms with Gasteiger partial charge in [0.15, 0.2) is 0 Å². The van der Waals surface area contributed by atoms with Crippen LogP contribution in [0.15, 0.2) is 35.8 Å². The lowest BCUT2D eigenvalue weighted by atomic mass is 10.1. The molecule has 0 saturated carbocycles. The van der Waals surface area contributed by atoms with E-state index in [9.17, 15) is 4.79 Å². The molecule has 1 aromatic carbocycles. The SMILES string of the molecule is CCOC(=O)c1scnc1-c1ccccc1. The number of ether oxygens (including phenoxy) is 1. The number of hydrogen-bond donors (Lipinski definition) is 0. The Hall–Kier alpha value is -1.68. The van der Waals surface area contributed by atoms with Gasteiger partial charge in [-0.1, -0.05) is 30.3 Å². The van der Waals surface area contributed by atoms with Crippen LogP contribution in [-0.2, 0) is 4.74 Å². The zero-order valence-corrected chi connectivity index (χ0v) is 9.66. The van der Waals surface area contributed by atoms with Crippen molar-refractivity contribution in [3.05, 3.63) is 40.7 Å². The fraction of sp³-hybridized carbons (Fsp3) is 0.167. The standard InChI is InChI=1S/C12H11NO2S/c1-2-15-12(14)11-10(13-8-16-11)9-6-4-3-5-7-9/h3-8H,2H2,1H3. The van der Waals surface area contributed by atoms with Gasteiger partial charge < -0.3 is 4.74 Å². The summed E-state index contributed by atoms with van der Waals surface area (Å²) in [6.07, 6.45) is 0. The molecule has 0 saturated heterocycles. The average Bonchev–Trinajstić information content (AvgIpc) is 2.79. The molecular weight excluding hydrogens is 222 g/mol. The van der Waals surface area contributed by atoms with Gasteiger partial charge in [0, 0.05) is 5.56 Å². The van der Waals surface area contributed by atoms with Crippen LogP contribution < -0.4 is 0 Å². The fourth-order valence-electron chi connectivity index (χ4n) is 1.39. The normalized spacial score (nSPS) is 10.1. The van der Waals surface area contributed by atoms with Crippen LogP contribution in [0.25, 0.3) is 11.3 Å². The summed E-state index contributed by atoms with van der Waals surface area (Å²) in [5.74, 6) is -0.302. The van der Waals surface area contributed by atoms with Crippen molar-refractivity contribution < 1.29 is 9.53 Å². The first-order valence-electron chi connectivity index (χ1n) is 4.99. The highest BCUT2D eigenvalue weighted by Gasteiger charge is 2.16. The molecule has 0 N–H and O–H groups in total. The van der Waals surface area contributed by atoms with Crippen molar-refractivity contribution in [2.24, 2.45) is 0 Å². The summed E-state index contributed by atoms with van der Waals surface area (Å²) >= 11 is 1.31. The maximum absolute atomic E-state index is 11.6. The Morgan fingerprint density at radius 1 is 1.38 bits per heavy atom. The number of carbonyl (C=O) groups excluding carboxylic acids is 1. The molecule has 0 spiro atoms. The molecule has 0 atom stereocenters. The van der Waals surface area contributed by atoms with Crippen molar-refractivity contribution in [1.29, 1.82) is 0 Å². The molecule has 0 amide bonds. The smallest absolute Gasteiger partial charge is 0.350 e. The summed E-state index contributed by atoms with van der Waals surface area (Å²) in [5.41, 5.74) is 3.30. The van der Waals surface area contributed by atoms with Crippen LogP contribution in [0.2, 0.25) is 0 Å². The Labute approximate surface area is 97.7 Å². The molecule has 1 aromatic heterocycles. The Morgan fingerprint density at radius 2 is 2.12 bits per heavy atom.